The Balaban J connectivity index is 1.57. The molecule has 0 aliphatic rings. The van der Waals surface area contributed by atoms with Gasteiger partial charge in [0.2, 0.25) is 5.78 Å². The van der Waals surface area contributed by atoms with Gasteiger partial charge in [-0.3, -0.25) is 24.7 Å². The van der Waals surface area contributed by atoms with Gasteiger partial charge in [-0.15, -0.1) is 5.10 Å². The second kappa shape index (κ2) is 7.95. The van der Waals surface area contributed by atoms with Crippen molar-refractivity contribution >= 4 is 23.2 Å². The molecule has 2 aromatic heterocycles. The molecule has 2 aromatic carbocycles. The third-order valence-corrected chi connectivity index (χ3v) is 4.44. The van der Waals surface area contributed by atoms with Gasteiger partial charge in [-0.2, -0.15) is 9.50 Å². The van der Waals surface area contributed by atoms with E-state index in [9.17, 15) is 19.7 Å². The summed E-state index contributed by atoms with van der Waals surface area (Å²) in [6.45, 7) is 0. The van der Waals surface area contributed by atoms with Crippen molar-refractivity contribution in [1.29, 1.82) is 0 Å². The Labute approximate surface area is 169 Å². The number of hydrogen-bond donors (Lipinski definition) is 2. The van der Waals surface area contributed by atoms with Gasteiger partial charge in [0, 0.05) is 30.2 Å². The maximum atomic E-state index is 12.5. The van der Waals surface area contributed by atoms with Crippen LogP contribution in [0.1, 0.15) is 21.7 Å². The molecule has 0 radical (unpaired) electrons. The first-order valence-electron chi connectivity index (χ1n) is 9.08. The molecule has 0 bridgehead atoms. The standard InChI is InChI=1S/C20H16N6O4/c27-18-12-17(22-19(28)14-7-9-15(10-8-14)26(29)30)25-20(23-18)21-16(24-25)11-6-13-4-2-1-3-5-13/h1-5,7-10,12H,6,11H2,(H,22,28)(H,21,23,24,27). The fourth-order valence-corrected chi connectivity index (χ4v) is 2.95. The van der Waals surface area contributed by atoms with Gasteiger partial charge in [-0.05, 0) is 24.1 Å². The first-order valence-corrected chi connectivity index (χ1v) is 9.08. The minimum atomic E-state index is -0.547. The van der Waals surface area contributed by atoms with Gasteiger partial charge in [0.05, 0.1) is 4.92 Å². The number of non-ortho nitro benzene ring substituents is 1. The highest BCUT2D eigenvalue weighted by molar-refractivity contribution is 6.04. The average Bonchev–Trinajstić information content (AvgIpc) is 3.16. The minimum absolute atomic E-state index is 0.121. The highest BCUT2D eigenvalue weighted by Gasteiger charge is 2.14. The molecule has 30 heavy (non-hydrogen) atoms. The molecule has 0 fully saturated rings. The van der Waals surface area contributed by atoms with E-state index in [1.807, 2.05) is 30.3 Å². The van der Waals surface area contributed by atoms with Crippen LogP contribution in [0.4, 0.5) is 11.5 Å². The summed E-state index contributed by atoms with van der Waals surface area (Å²) in [5.74, 6) is 0.352. The molecule has 10 heteroatoms. The Morgan fingerprint density at radius 1 is 1.10 bits per heavy atom. The van der Waals surface area contributed by atoms with E-state index < -0.39 is 16.4 Å². The van der Waals surface area contributed by atoms with Crippen LogP contribution in [-0.4, -0.2) is 30.4 Å². The first kappa shape index (κ1) is 19.0. The zero-order valence-corrected chi connectivity index (χ0v) is 15.6. The predicted octanol–water partition coefficient (Wildman–Crippen LogP) is 2.36. The fraction of sp³-hybridized carbons (Fsp3) is 0.100. The quantitative estimate of drug-likeness (QED) is 0.374. The van der Waals surface area contributed by atoms with Gasteiger partial charge >= 0.3 is 0 Å². The molecule has 0 atom stereocenters. The van der Waals surface area contributed by atoms with Crippen molar-refractivity contribution in [2.75, 3.05) is 5.32 Å². The number of aryl methyl sites for hydroxylation is 2. The molecule has 2 N–H and O–H groups in total. The number of carbonyl (C=O) groups excluding carboxylic acids is 1. The minimum Gasteiger partial charge on any atom is -0.306 e. The number of H-pyrrole nitrogens is 1. The van der Waals surface area contributed by atoms with E-state index in [0.717, 1.165) is 12.0 Å². The second-order valence-electron chi connectivity index (χ2n) is 6.53. The van der Waals surface area contributed by atoms with Crippen LogP contribution in [0.25, 0.3) is 5.78 Å². The largest absolute Gasteiger partial charge is 0.306 e. The van der Waals surface area contributed by atoms with E-state index in [2.05, 4.69) is 20.4 Å². The Kier molecular flexibility index (Phi) is 5.04. The van der Waals surface area contributed by atoms with Gasteiger partial charge in [0.15, 0.2) is 5.82 Å². The number of hydrogen-bond acceptors (Lipinski definition) is 6. The number of benzene rings is 2. The molecule has 0 saturated heterocycles. The van der Waals surface area contributed by atoms with Crippen molar-refractivity contribution in [2.45, 2.75) is 12.8 Å². The topological polar surface area (TPSA) is 135 Å². The molecule has 10 nitrogen and oxygen atoms in total. The molecule has 2 heterocycles. The molecule has 0 saturated carbocycles. The Bertz CT molecular complexity index is 1280. The predicted molar refractivity (Wildman–Crippen MR) is 109 cm³/mol. The zero-order valence-electron chi connectivity index (χ0n) is 15.6. The summed E-state index contributed by atoms with van der Waals surface area (Å²) in [6, 6.07) is 16.2. The van der Waals surface area contributed by atoms with Gasteiger partial charge in [-0.25, -0.2) is 0 Å². The van der Waals surface area contributed by atoms with Gasteiger partial charge < -0.3 is 5.32 Å². The summed E-state index contributed by atoms with van der Waals surface area (Å²) in [5.41, 5.74) is 0.780. The molecule has 0 aliphatic carbocycles. The van der Waals surface area contributed by atoms with Crippen molar-refractivity contribution in [3.8, 4) is 0 Å². The van der Waals surface area contributed by atoms with E-state index >= 15 is 0 Å². The summed E-state index contributed by atoms with van der Waals surface area (Å²) < 4.78 is 1.35. The van der Waals surface area contributed by atoms with E-state index in [1.54, 1.807) is 0 Å². The van der Waals surface area contributed by atoms with Gasteiger partial charge in [0.1, 0.15) is 5.82 Å². The molecular weight excluding hydrogens is 388 g/mol. The molecule has 0 spiro atoms. The molecule has 1 amide bonds. The second-order valence-corrected chi connectivity index (χ2v) is 6.53. The summed E-state index contributed by atoms with van der Waals surface area (Å²) >= 11 is 0. The van der Waals surface area contributed by atoms with E-state index in [1.165, 1.54) is 34.8 Å². The summed E-state index contributed by atoms with van der Waals surface area (Å²) in [6.07, 6.45) is 1.29. The Hall–Kier alpha value is -4.34. The molecular formula is C20H16N6O4. The number of anilines is 1. The van der Waals surface area contributed by atoms with Crippen LogP contribution in [0.5, 0.6) is 0 Å². The number of fused-ring (bicyclic) bond motifs is 1. The highest BCUT2D eigenvalue weighted by Crippen LogP contribution is 2.14. The van der Waals surface area contributed by atoms with Gasteiger partial charge in [-0.1, -0.05) is 30.3 Å². The number of aromatic nitrogens is 4. The van der Waals surface area contributed by atoms with Crippen LogP contribution in [-0.2, 0) is 12.8 Å². The SMILES string of the molecule is O=C(Nc1cc(=O)[nH]c2nc(CCc3ccccc3)nn12)c1ccc([N+](=O)[O-])cc1. The number of carbonyl (C=O) groups is 1. The van der Waals surface area contributed by atoms with Gasteiger partial charge in [0.25, 0.3) is 17.2 Å². The first-order chi connectivity index (χ1) is 14.5. The number of nitrogens with zero attached hydrogens (tertiary/aromatic N) is 4. The van der Waals surface area contributed by atoms with Crippen molar-refractivity contribution in [3.05, 3.63) is 98.1 Å². The van der Waals surface area contributed by atoms with Crippen molar-refractivity contribution in [2.24, 2.45) is 0 Å². The third kappa shape index (κ3) is 4.07. The monoisotopic (exact) mass is 404 g/mol. The Morgan fingerprint density at radius 3 is 2.53 bits per heavy atom. The summed E-state index contributed by atoms with van der Waals surface area (Å²) in [5, 5.41) is 17.7. The number of nitrogens with one attached hydrogen (secondary N) is 2. The maximum Gasteiger partial charge on any atom is 0.269 e. The molecule has 0 unspecified atom stereocenters. The van der Waals surface area contributed by atoms with Crippen LogP contribution < -0.4 is 10.9 Å². The maximum absolute atomic E-state index is 12.5. The lowest BCUT2D eigenvalue weighted by Crippen LogP contribution is -2.18. The van der Waals surface area contributed by atoms with Crippen molar-refractivity contribution < 1.29 is 9.72 Å². The van der Waals surface area contributed by atoms with Crippen LogP contribution in [0.15, 0.2) is 65.5 Å². The average molecular weight is 404 g/mol. The van der Waals surface area contributed by atoms with Crippen LogP contribution in [0.2, 0.25) is 0 Å². The van der Waals surface area contributed by atoms with Crippen LogP contribution in [0.3, 0.4) is 0 Å². The number of aromatic amines is 1. The summed E-state index contributed by atoms with van der Waals surface area (Å²) in [4.78, 5) is 41.6. The number of amides is 1. The van der Waals surface area contributed by atoms with E-state index in [4.69, 9.17) is 0 Å². The number of nitro benzene ring substituents is 1. The molecule has 150 valence electrons. The number of nitro groups is 1. The zero-order chi connectivity index (χ0) is 21.1. The van der Waals surface area contributed by atoms with Crippen LogP contribution in [0, 0.1) is 10.1 Å². The number of rotatable bonds is 6. The lowest BCUT2D eigenvalue weighted by molar-refractivity contribution is -0.384. The smallest absolute Gasteiger partial charge is 0.269 e. The molecule has 0 aliphatic heterocycles. The molecule has 4 aromatic rings. The van der Waals surface area contributed by atoms with Crippen molar-refractivity contribution in [1.82, 2.24) is 19.6 Å². The lowest BCUT2D eigenvalue weighted by Gasteiger charge is -2.06. The lowest BCUT2D eigenvalue weighted by atomic mass is 10.1. The fourth-order valence-electron chi connectivity index (χ4n) is 2.95. The van der Waals surface area contributed by atoms with Crippen LogP contribution >= 0.6 is 0 Å². The summed E-state index contributed by atoms with van der Waals surface area (Å²) in [7, 11) is 0. The normalized spacial score (nSPS) is 10.8. The van der Waals surface area contributed by atoms with Crippen molar-refractivity contribution in [3.63, 3.8) is 0 Å². The molecule has 4 rings (SSSR count). The third-order valence-electron chi connectivity index (χ3n) is 4.44. The van der Waals surface area contributed by atoms with E-state index in [0.29, 0.717) is 12.2 Å². The highest BCUT2D eigenvalue weighted by atomic mass is 16.6. The Morgan fingerprint density at radius 2 is 1.83 bits per heavy atom. The van der Waals surface area contributed by atoms with E-state index in [-0.39, 0.29) is 22.8 Å².